The van der Waals surface area contributed by atoms with Gasteiger partial charge in [-0.05, 0) is 47.9 Å². The number of fused-ring (bicyclic) bond motifs is 1. The maximum absolute atomic E-state index is 10.8. The van der Waals surface area contributed by atoms with Gasteiger partial charge in [0, 0.05) is 6.92 Å². The first-order valence-corrected chi connectivity index (χ1v) is 6.50. The molecule has 0 saturated heterocycles. The first kappa shape index (κ1) is 14.1. The zero-order chi connectivity index (χ0) is 14.5. The molecule has 2 aromatic carbocycles. The Bertz CT molecular complexity index is 656. The fourth-order valence-electron chi connectivity index (χ4n) is 2.06. The summed E-state index contributed by atoms with van der Waals surface area (Å²) in [5.41, 5.74) is 1.18. The number of esters is 1. The Morgan fingerprint density at radius 2 is 1.80 bits per heavy atom. The Kier molecular flexibility index (Phi) is 4.41. The number of carbonyl (C=O) groups is 1. The molecule has 3 nitrogen and oxygen atoms in total. The van der Waals surface area contributed by atoms with Crippen LogP contribution in [0.15, 0.2) is 48.2 Å². The molecule has 0 heterocycles. The highest BCUT2D eigenvalue weighted by Gasteiger charge is 1.99. The van der Waals surface area contributed by atoms with Crippen molar-refractivity contribution in [3.05, 3.63) is 53.8 Å². The lowest BCUT2D eigenvalue weighted by Crippen LogP contribution is -1.96. The molecule has 104 valence electrons. The molecule has 0 atom stereocenters. The highest BCUT2D eigenvalue weighted by atomic mass is 16.5. The Morgan fingerprint density at radius 3 is 2.50 bits per heavy atom. The van der Waals surface area contributed by atoms with E-state index in [0.717, 1.165) is 17.6 Å². The zero-order valence-electron chi connectivity index (χ0n) is 12.0. The van der Waals surface area contributed by atoms with E-state index in [9.17, 15) is 4.79 Å². The Morgan fingerprint density at radius 1 is 1.10 bits per heavy atom. The largest absolute Gasteiger partial charge is 0.497 e. The second-order valence-corrected chi connectivity index (χ2v) is 4.66. The molecule has 0 aliphatic rings. The lowest BCUT2D eigenvalue weighted by Gasteiger charge is -2.05. The number of allylic oxidation sites excluding steroid dienone is 2. The zero-order valence-corrected chi connectivity index (χ0v) is 12.0. The van der Waals surface area contributed by atoms with Crippen LogP contribution in [0.25, 0.3) is 10.8 Å². The predicted octanol–water partition coefficient (Wildman–Crippen LogP) is 3.86. The van der Waals surface area contributed by atoms with Gasteiger partial charge in [0.15, 0.2) is 0 Å². The number of ether oxygens (including phenoxy) is 2. The SMILES string of the molecule is COc1ccc2cc(CC=C(C)OC(C)=O)ccc2c1. The van der Waals surface area contributed by atoms with Gasteiger partial charge < -0.3 is 9.47 Å². The van der Waals surface area contributed by atoms with Gasteiger partial charge >= 0.3 is 5.97 Å². The Labute approximate surface area is 118 Å². The van der Waals surface area contributed by atoms with Crippen LogP contribution in [0.1, 0.15) is 19.4 Å². The molecule has 0 aliphatic carbocycles. The minimum absolute atomic E-state index is 0.288. The molecule has 0 saturated carbocycles. The Hall–Kier alpha value is -2.29. The first-order valence-electron chi connectivity index (χ1n) is 6.50. The Balaban J connectivity index is 2.18. The summed E-state index contributed by atoms with van der Waals surface area (Å²) in [5.74, 6) is 1.20. The molecule has 2 aromatic rings. The van der Waals surface area contributed by atoms with Crippen LogP contribution in [0, 0.1) is 0 Å². The van der Waals surface area contributed by atoms with Crippen LogP contribution in [0.4, 0.5) is 0 Å². The molecule has 0 bridgehead atoms. The third-order valence-electron chi connectivity index (χ3n) is 3.04. The van der Waals surface area contributed by atoms with Crippen LogP contribution < -0.4 is 4.74 Å². The van der Waals surface area contributed by atoms with Crippen molar-refractivity contribution in [2.45, 2.75) is 20.3 Å². The van der Waals surface area contributed by atoms with E-state index in [1.165, 1.54) is 17.9 Å². The maximum Gasteiger partial charge on any atom is 0.307 e. The molecule has 3 heteroatoms. The van der Waals surface area contributed by atoms with Crippen molar-refractivity contribution in [1.29, 1.82) is 0 Å². The van der Waals surface area contributed by atoms with E-state index in [-0.39, 0.29) is 5.97 Å². The van der Waals surface area contributed by atoms with Crippen LogP contribution in [0.5, 0.6) is 5.75 Å². The minimum Gasteiger partial charge on any atom is -0.497 e. The predicted molar refractivity (Wildman–Crippen MR) is 79.7 cm³/mol. The minimum atomic E-state index is -0.288. The van der Waals surface area contributed by atoms with E-state index in [1.54, 1.807) is 14.0 Å². The highest BCUT2D eigenvalue weighted by Crippen LogP contribution is 2.22. The van der Waals surface area contributed by atoms with Crippen molar-refractivity contribution >= 4 is 16.7 Å². The molecule has 20 heavy (non-hydrogen) atoms. The molecular weight excluding hydrogens is 252 g/mol. The number of hydrogen-bond donors (Lipinski definition) is 0. The van der Waals surface area contributed by atoms with Gasteiger partial charge in [-0.2, -0.15) is 0 Å². The summed E-state index contributed by atoms with van der Waals surface area (Å²) in [5, 5.41) is 2.32. The normalized spacial score (nSPS) is 11.4. The third kappa shape index (κ3) is 3.60. The van der Waals surface area contributed by atoms with Gasteiger partial charge in [-0.3, -0.25) is 4.79 Å². The summed E-state index contributed by atoms with van der Waals surface area (Å²) in [6.45, 7) is 3.19. The van der Waals surface area contributed by atoms with Gasteiger partial charge in [-0.15, -0.1) is 0 Å². The van der Waals surface area contributed by atoms with E-state index >= 15 is 0 Å². The van der Waals surface area contributed by atoms with Crippen molar-refractivity contribution in [3.63, 3.8) is 0 Å². The summed E-state index contributed by atoms with van der Waals surface area (Å²) in [6, 6.07) is 12.3. The van der Waals surface area contributed by atoms with E-state index < -0.39 is 0 Å². The lowest BCUT2D eigenvalue weighted by atomic mass is 10.0. The lowest BCUT2D eigenvalue weighted by molar-refractivity contribution is -0.136. The van der Waals surface area contributed by atoms with Gasteiger partial charge in [-0.1, -0.05) is 24.3 Å². The quantitative estimate of drug-likeness (QED) is 0.625. The first-order chi connectivity index (χ1) is 9.58. The van der Waals surface area contributed by atoms with Crippen molar-refractivity contribution in [1.82, 2.24) is 0 Å². The summed E-state index contributed by atoms with van der Waals surface area (Å²) in [4.78, 5) is 10.8. The molecule has 0 fully saturated rings. The molecule has 0 aromatic heterocycles. The van der Waals surface area contributed by atoms with E-state index in [2.05, 4.69) is 18.2 Å². The average molecular weight is 270 g/mol. The van der Waals surface area contributed by atoms with Crippen LogP contribution in [-0.2, 0) is 16.0 Å². The molecule has 0 aliphatic heterocycles. The van der Waals surface area contributed by atoms with E-state index in [4.69, 9.17) is 9.47 Å². The molecule has 0 unspecified atom stereocenters. The molecular formula is C17H18O3. The standard InChI is InChI=1S/C17H18O3/c1-12(20-13(2)18)4-5-14-6-7-16-11-17(19-3)9-8-15(16)10-14/h4,6-11H,5H2,1-3H3. The van der Waals surface area contributed by atoms with Gasteiger partial charge in [0.05, 0.1) is 7.11 Å². The van der Waals surface area contributed by atoms with Crippen molar-refractivity contribution in [3.8, 4) is 5.75 Å². The second-order valence-electron chi connectivity index (χ2n) is 4.66. The number of rotatable bonds is 4. The fraction of sp³-hybridized carbons (Fsp3) is 0.235. The summed E-state index contributed by atoms with van der Waals surface area (Å²) >= 11 is 0. The third-order valence-corrected chi connectivity index (χ3v) is 3.04. The highest BCUT2D eigenvalue weighted by molar-refractivity contribution is 5.84. The van der Waals surface area contributed by atoms with E-state index in [1.807, 2.05) is 24.3 Å². The molecule has 0 spiro atoms. The smallest absolute Gasteiger partial charge is 0.307 e. The molecule has 0 radical (unpaired) electrons. The summed E-state index contributed by atoms with van der Waals surface area (Å²) < 4.78 is 10.2. The number of methoxy groups -OCH3 is 1. The summed E-state index contributed by atoms with van der Waals surface area (Å²) in [6.07, 6.45) is 2.65. The maximum atomic E-state index is 10.8. The van der Waals surface area contributed by atoms with Crippen LogP contribution in [0.2, 0.25) is 0 Å². The number of hydrogen-bond acceptors (Lipinski definition) is 3. The molecule has 0 amide bonds. The van der Waals surface area contributed by atoms with Gasteiger partial charge in [0.1, 0.15) is 11.5 Å². The van der Waals surface area contributed by atoms with Crippen molar-refractivity contribution < 1.29 is 14.3 Å². The summed E-state index contributed by atoms with van der Waals surface area (Å²) in [7, 11) is 1.66. The topological polar surface area (TPSA) is 35.5 Å². The van der Waals surface area contributed by atoms with Crippen molar-refractivity contribution in [2.24, 2.45) is 0 Å². The number of carbonyl (C=O) groups excluding carboxylic acids is 1. The van der Waals surface area contributed by atoms with Crippen LogP contribution >= 0.6 is 0 Å². The molecule has 2 rings (SSSR count). The fourth-order valence-corrected chi connectivity index (χ4v) is 2.06. The van der Waals surface area contributed by atoms with Gasteiger partial charge in [-0.25, -0.2) is 0 Å². The van der Waals surface area contributed by atoms with Crippen LogP contribution in [0.3, 0.4) is 0 Å². The average Bonchev–Trinajstić information content (AvgIpc) is 2.43. The van der Waals surface area contributed by atoms with Crippen LogP contribution in [-0.4, -0.2) is 13.1 Å². The molecule has 0 N–H and O–H groups in total. The van der Waals surface area contributed by atoms with E-state index in [0.29, 0.717) is 5.76 Å². The second kappa shape index (κ2) is 6.24. The monoisotopic (exact) mass is 270 g/mol. The number of benzene rings is 2. The van der Waals surface area contributed by atoms with Gasteiger partial charge in [0.2, 0.25) is 0 Å². The van der Waals surface area contributed by atoms with Crippen molar-refractivity contribution in [2.75, 3.05) is 7.11 Å². The van der Waals surface area contributed by atoms with Gasteiger partial charge in [0.25, 0.3) is 0 Å².